The van der Waals surface area contributed by atoms with Crippen molar-refractivity contribution in [3.63, 3.8) is 0 Å². The number of thiophene rings is 1. The van der Waals surface area contributed by atoms with Gasteiger partial charge in [-0.1, -0.05) is 41.1 Å². The largest absolute Gasteiger partial charge is 0.481 e. The molecule has 0 aliphatic carbocycles. The Hall–Kier alpha value is -3.34. The van der Waals surface area contributed by atoms with Crippen molar-refractivity contribution in [3.8, 4) is 11.8 Å². The second-order valence-corrected chi connectivity index (χ2v) is 11.4. The minimum absolute atomic E-state index is 0.0663. The molecule has 5 nitrogen and oxygen atoms in total. The predicted octanol–water partition coefficient (Wildman–Crippen LogP) is 4.96. The number of aromatic nitrogens is 1. The maximum Gasteiger partial charge on any atom is 0.307 e. The fourth-order valence-corrected chi connectivity index (χ4v) is 6.35. The van der Waals surface area contributed by atoms with E-state index < -0.39 is 27.5 Å². The molecule has 2 aromatic heterocycles. The standard InChI is InChI=1S/C26H23NO4S2/c1-17-3-6-19(7-4-17)8-9-22-10-12-25(32-22)33(30,31)16-21(26(28)29)14-20-15-27-24-11-5-18(2)13-23(20)24/h3-7,10-13,15,21,27H,14,16H2,1-2H3,(H,28,29)/t21-/m0/s1/i5D. The summed E-state index contributed by atoms with van der Waals surface area (Å²) in [4.78, 5) is 15.6. The molecule has 0 saturated heterocycles. The normalized spacial score (nSPS) is 12.7. The predicted molar refractivity (Wildman–Crippen MR) is 131 cm³/mol. The number of nitrogens with one attached hydrogen (secondary N) is 1. The molecule has 0 fully saturated rings. The lowest BCUT2D eigenvalue weighted by Crippen LogP contribution is -2.25. The Morgan fingerprint density at radius 3 is 2.61 bits per heavy atom. The minimum Gasteiger partial charge on any atom is -0.481 e. The molecule has 0 radical (unpaired) electrons. The molecule has 0 saturated carbocycles. The van der Waals surface area contributed by atoms with Gasteiger partial charge in [0.1, 0.15) is 4.21 Å². The first kappa shape index (κ1) is 21.5. The van der Waals surface area contributed by atoms with E-state index in [1.165, 1.54) is 6.07 Å². The molecule has 0 amide bonds. The Morgan fingerprint density at radius 2 is 1.88 bits per heavy atom. The van der Waals surface area contributed by atoms with Crippen molar-refractivity contribution in [1.82, 2.24) is 4.98 Å². The van der Waals surface area contributed by atoms with Gasteiger partial charge in [0.15, 0.2) is 9.84 Å². The number of rotatable bonds is 6. The summed E-state index contributed by atoms with van der Waals surface area (Å²) in [5.41, 5.74) is 4.18. The number of fused-ring (bicyclic) bond motifs is 1. The molecule has 1 atom stereocenters. The highest BCUT2D eigenvalue weighted by atomic mass is 32.2. The van der Waals surface area contributed by atoms with Crippen LogP contribution in [0.2, 0.25) is 0 Å². The third-order valence-electron chi connectivity index (χ3n) is 5.35. The number of benzene rings is 2. The minimum atomic E-state index is -3.81. The fourth-order valence-electron chi connectivity index (χ4n) is 3.55. The summed E-state index contributed by atoms with van der Waals surface area (Å²) in [6.07, 6.45) is 1.76. The van der Waals surface area contributed by atoms with Crippen LogP contribution in [0.5, 0.6) is 0 Å². The quantitative estimate of drug-likeness (QED) is 0.383. The number of H-pyrrole nitrogens is 1. The van der Waals surface area contributed by atoms with Gasteiger partial charge < -0.3 is 10.1 Å². The van der Waals surface area contributed by atoms with E-state index in [-0.39, 0.29) is 10.6 Å². The van der Waals surface area contributed by atoms with Crippen molar-refractivity contribution in [3.05, 3.63) is 87.9 Å². The molecular formula is C26H23NO4S2. The van der Waals surface area contributed by atoms with Gasteiger partial charge in [0.2, 0.25) is 0 Å². The zero-order valence-electron chi connectivity index (χ0n) is 19.2. The van der Waals surface area contributed by atoms with Gasteiger partial charge in [0, 0.05) is 22.7 Å². The van der Waals surface area contributed by atoms with E-state index in [0.29, 0.717) is 10.9 Å². The maximum absolute atomic E-state index is 13.0. The average molecular weight is 479 g/mol. The third-order valence-corrected chi connectivity index (χ3v) is 8.75. The summed E-state index contributed by atoms with van der Waals surface area (Å²) in [7, 11) is -3.81. The zero-order valence-corrected chi connectivity index (χ0v) is 19.8. The number of carboxylic acid groups (broad SMARTS) is 1. The smallest absolute Gasteiger partial charge is 0.307 e. The Labute approximate surface area is 198 Å². The first-order valence-corrected chi connectivity index (χ1v) is 12.8. The number of carboxylic acids is 1. The van der Waals surface area contributed by atoms with Crippen molar-refractivity contribution in [2.24, 2.45) is 5.92 Å². The first-order chi connectivity index (χ1) is 16.1. The maximum atomic E-state index is 13.0. The van der Waals surface area contributed by atoms with Gasteiger partial charge in [-0.25, -0.2) is 8.42 Å². The van der Waals surface area contributed by atoms with E-state index in [4.69, 9.17) is 1.37 Å². The summed E-state index contributed by atoms with van der Waals surface area (Å²) in [5, 5.41) is 10.6. The number of carbonyl (C=O) groups is 1. The second-order valence-electron chi connectivity index (χ2n) is 8.01. The summed E-state index contributed by atoms with van der Waals surface area (Å²) in [6.45, 7) is 3.80. The van der Waals surface area contributed by atoms with Crippen LogP contribution >= 0.6 is 11.3 Å². The topological polar surface area (TPSA) is 87.2 Å². The monoisotopic (exact) mass is 478 g/mol. The summed E-state index contributed by atoms with van der Waals surface area (Å²) < 4.78 is 34.1. The van der Waals surface area contributed by atoms with E-state index in [0.717, 1.165) is 44.5 Å². The number of hydrogen-bond donors (Lipinski definition) is 2. The van der Waals surface area contributed by atoms with Gasteiger partial charge in [-0.15, -0.1) is 11.3 Å². The van der Waals surface area contributed by atoms with Gasteiger partial charge >= 0.3 is 5.97 Å². The van der Waals surface area contributed by atoms with Crippen LogP contribution in [0, 0.1) is 31.6 Å². The van der Waals surface area contributed by atoms with Crippen LogP contribution < -0.4 is 0 Å². The second kappa shape index (κ2) is 9.26. The highest BCUT2D eigenvalue weighted by Crippen LogP contribution is 2.27. The van der Waals surface area contributed by atoms with E-state index >= 15 is 0 Å². The zero-order chi connectivity index (χ0) is 24.5. The highest BCUT2D eigenvalue weighted by Gasteiger charge is 2.28. The molecule has 0 aliphatic rings. The third kappa shape index (κ3) is 5.36. The molecule has 0 spiro atoms. The van der Waals surface area contributed by atoms with Crippen LogP contribution in [0.3, 0.4) is 0 Å². The van der Waals surface area contributed by atoms with E-state index in [9.17, 15) is 18.3 Å². The van der Waals surface area contributed by atoms with Crippen molar-refractivity contribution in [2.45, 2.75) is 24.5 Å². The van der Waals surface area contributed by atoms with Gasteiger partial charge in [0.05, 0.1) is 17.9 Å². The molecule has 2 heterocycles. The number of aromatic amines is 1. The molecule has 33 heavy (non-hydrogen) atoms. The van der Waals surface area contributed by atoms with Gasteiger partial charge in [-0.2, -0.15) is 0 Å². The molecule has 4 rings (SSSR count). The van der Waals surface area contributed by atoms with Crippen molar-refractivity contribution >= 4 is 38.0 Å². The number of hydrogen-bond acceptors (Lipinski definition) is 4. The summed E-state index contributed by atoms with van der Waals surface area (Å²) in [6, 6.07) is 14.8. The molecule has 2 N–H and O–H groups in total. The van der Waals surface area contributed by atoms with Gasteiger partial charge in [-0.05, 0) is 62.2 Å². The highest BCUT2D eigenvalue weighted by molar-refractivity contribution is 7.93. The Morgan fingerprint density at radius 1 is 1.12 bits per heavy atom. The summed E-state index contributed by atoms with van der Waals surface area (Å²) in [5.74, 6) is 3.23. The number of sulfone groups is 1. The van der Waals surface area contributed by atoms with Crippen molar-refractivity contribution in [2.75, 3.05) is 5.75 Å². The lowest BCUT2D eigenvalue weighted by molar-refractivity contribution is -0.140. The molecule has 4 aromatic rings. The van der Waals surface area contributed by atoms with Crippen molar-refractivity contribution < 1.29 is 19.7 Å². The number of aliphatic carboxylic acids is 1. The van der Waals surface area contributed by atoms with E-state index in [1.54, 1.807) is 18.3 Å². The molecule has 0 aliphatic heterocycles. The molecule has 0 bridgehead atoms. The van der Waals surface area contributed by atoms with Crippen LogP contribution in [-0.2, 0) is 21.1 Å². The first-order valence-electron chi connectivity index (χ1n) is 10.8. The molecule has 168 valence electrons. The molecule has 7 heteroatoms. The van der Waals surface area contributed by atoms with Crippen LogP contribution in [-0.4, -0.2) is 30.2 Å². The van der Waals surface area contributed by atoms with Crippen LogP contribution in [0.1, 0.15) is 28.5 Å². The molecule has 0 unspecified atom stereocenters. The lowest BCUT2D eigenvalue weighted by atomic mass is 10.00. The molecule has 2 aromatic carbocycles. The molecular weight excluding hydrogens is 454 g/mol. The Balaban J connectivity index is 1.54. The van der Waals surface area contributed by atoms with Gasteiger partial charge in [0.25, 0.3) is 0 Å². The van der Waals surface area contributed by atoms with Crippen LogP contribution in [0.25, 0.3) is 10.9 Å². The van der Waals surface area contributed by atoms with E-state index in [1.807, 2.05) is 44.2 Å². The fraction of sp³-hybridized carbons (Fsp3) is 0.192. The van der Waals surface area contributed by atoms with Crippen LogP contribution in [0.4, 0.5) is 0 Å². The van der Waals surface area contributed by atoms with Crippen LogP contribution in [0.15, 0.2) is 65.0 Å². The van der Waals surface area contributed by atoms with Crippen molar-refractivity contribution in [1.29, 1.82) is 0 Å². The summed E-state index contributed by atoms with van der Waals surface area (Å²) >= 11 is 1.05. The Bertz CT molecular complexity index is 1540. The average Bonchev–Trinajstić information content (AvgIpc) is 3.41. The van der Waals surface area contributed by atoms with Gasteiger partial charge in [-0.3, -0.25) is 4.79 Å². The van der Waals surface area contributed by atoms with E-state index in [2.05, 4.69) is 16.8 Å². The lowest BCUT2D eigenvalue weighted by Gasteiger charge is -2.12. The SMILES string of the molecule is [2H]c1cc2[nH]cc(C[C@@H](CS(=O)(=O)c3ccc(C#Cc4ccc(C)cc4)s3)C(=O)O)c2cc1C. The number of aryl methyl sites for hydroxylation is 2. The Kier molecular flexibility index (Phi) is 6.03.